The summed E-state index contributed by atoms with van der Waals surface area (Å²) in [6, 6.07) is 3.50. The van der Waals surface area contributed by atoms with Gasteiger partial charge < -0.3 is 9.80 Å². The molecule has 0 aromatic carbocycles. The maximum Gasteiger partial charge on any atom is 0.241 e. The number of carbonyl (C=O) groups excluding carboxylic acids is 2. The van der Waals surface area contributed by atoms with Gasteiger partial charge in [0.25, 0.3) is 0 Å². The molecule has 2 rings (SSSR count). The molecule has 0 saturated carbocycles. The number of aldehydes is 1. The summed E-state index contributed by atoms with van der Waals surface area (Å²) in [7, 11) is 1.81. The Bertz CT molecular complexity index is 416. The quantitative estimate of drug-likeness (QED) is 0.700. The van der Waals surface area contributed by atoms with Crippen LogP contribution in [0.3, 0.4) is 0 Å². The first kappa shape index (κ1) is 11.6. The minimum Gasteiger partial charge on any atom is -0.347 e. The molecule has 0 atom stereocenters. The number of likely N-dealkylation sites (N-methyl/N-ethyl adjacent to an activating group) is 1. The van der Waals surface area contributed by atoms with E-state index < -0.39 is 0 Å². The summed E-state index contributed by atoms with van der Waals surface area (Å²) < 4.78 is 0. The summed E-state index contributed by atoms with van der Waals surface area (Å²) in [6.45, 7) is 1.94. The first-order valence-corrected chi connectivity index (χ1v) is 5.61. The number of aromatic nitrogens is 1. The van der Waals surface area contributed by atoms with Gasteiger partial charge in [0.15, 0.2) is 6.29 Å². The largest absolute Gasteiger partial charge is 0.347 e. The van der Waals surface area contributed by atoms with E-state index in [0.717, 1.165) is 31.6 Å². The molecule has 5 nitrogen and oxygen atoms in total. The molecule has 0 radical (unpaired) electrons. The molecule has 0 N–H and O–H groups in total. The van der Waals surface area contributed by atoms with Gasteiger partial charge in [0, 0.05) is 31.9 Å². The van der Waals surface area contributed by atoms with Crippen molar-refractivity contribution in [2.75, 3.05) is 31.6 Å². The van der Waals surface area contributed by atoms with Crippen LogP contribution < -0.4 is 4.90 Å². The van der Waals surface area contributed by atoms with Crippen LogP contribution in [0.1, 0.15) is 16.8 Å². The summed E-state index contributed by atoms with van der Waals surface area (Å²) in [5, 5.41) is 0. The molecule has 0 aliphatic carbocycles. The second-order valence-corrected chi connectivity index (χ2v) is 4.16. The number of nitrogens with zero attached hydrogens (tertiary/aromatic N) is 3. The van der Waals surface area contributed by atoms with Crippen LogP contribution >= 0.6 is 0 Å². The highest BCUT2D eigenvalue weighted by Gasteiger charge is 2.19. The van der Waals surface area contributed by atoms with E-state index in [1.165, 1.54) is 6.20 Å². The highest BCUT2D eigenvalue weighted by Crippen LogP contribution is 2.13. The van der Waals surface area contributed by atoms with Crippen LogP contribution in [-0.2, 0) is 4.79 Å². The van der Waals surface area contributed by atoms with Crippen molar-refractivity contribution < 1.29 is 9.59 Å². The standard InChI is InChI=1S/C12H15N3O2/c1-14-5-2-6-15(8-12(14)17)11-4-3-10(9-16)7-13-11/h3-4,7,9H,2,5-6,8H2,1H3. The fraction of sp³-hybridized carbons (Fsp3) is 0.417. The average molecular weight is 233 g/mol. The Labute approximate surface area is 100 Å². The molecule has 2 heterocycles. The maximum absolute atomic E-state index is 11.7. The molecular weight excluding hydrogens is 218 g/mol. The molecule has 1 aromatic rings. The molecule has 1 amide bonds. The highest BCUT2D eigenvalue weighted by atomic mass is 16.2. The van der Waals surface area contributed by atoms with Crippen LogP contribution in [0, 0.1) is 0 Å². The van der Waals surface area contributed by atoms with Gasteiger partial charge in [-0.2, -0.15) is 0 Å². The molecule has 90 valence electrons. The Morgan fingerprint density at radius 2 is 2.18 bits per heavy atom. The first-order chi connectivity index (χ1) is 8.20. The lowest BCUT2D eigenvalue weighted by Gasteiger charge is -2.20. The summed E-state index contributed by atoms with van der Waals surface area (Å²) in [5.74, 6) is 0.850. The highest BCUT2D eigenvalue weighted by molar-refractivity contribution is 5.81. The molecule has 17 heavy (non-hydrogen) atoms. The third-order valence-corrected chi connectivity index (χ3v) is 2.90. The number of hydrogen-bond donors (Lipinski definition) is 0. The zero-order chi connectivity index (χ0) is 12.3. The van der Waals surface area contributed by atoms with E-state index in [1.54, 1.807) is 17.0 Å². The van der Waals surface area contributed by atoms with E-state index in [0.29, 0.717) is 12.1 Å². The smallest absolute Gasteiger partial charge is 0.241 e. The molecule has 1 aliphatic heterocycles. The molecule has 0 bridgehead atoms. The molecule has 1 aliphatic rings. The molecule has 1 saturated heterocycles. The van der Waals surface area contributed by atoms with Gasteiger partial charge in [-0.3, -0.25) is 9.59 Å². The Hall–Kier alpha value is -1.91. The third-order valence-electron chi connectivity index (χ3n) is 2.90. The van der Waals surface area contributed by atoms with E-state index in [4.69, 9.17) is 0 Å². The van der Waals surface area contributed by atoms with Gasteiger partial charge in [-0.05, 0) is 18.6 Å². The fourth-order valence-corrected chi connectivity index (χ4v) is 1.84. The van der Waals surface area contributed by atoms with Crippen molar-refractivity contribution in [2.24, 2.45) is 0 Å². The van der Waals surface area contributed by atoms with Gasteiger partial charge in [-0.1, -0.05) is 0 Å². The van der Waals surface area contributed by atoms with E-state index in [9.17, 15) is 9.59 Å². The average Bonchev–Trinajstić information content (AvgIpc) is 2.52. The van der Waals surface area contributed by atoms with E-state index in [2.05, 4.69) is 4.98 Å². The van der Waals surface area contributed by atoms with Crippen LogP contribution in [0.2, 0.25) is 0 Å². The van der Waals surface area contributed by atoms with Gasteiger partial charge in [0.2, 0.25) is 5.91 Å². The van der Waals surface area contributed by atoms with Gasteiger partial charge in [-0.15, -0.1) is 0 Å². The number of rotatable bonds is 2. The minimum atomic E-state index is 0.101. The molecule has 1 aromatic heterocycles. The predicted molar refractivity (Wildman–Crippen MR) is 64.1 cm³/mol. The van der Waals surface area contributed by atoms with Crippen LogP contribution in [-0.4, -0.2) is 48.8 Å². The molecule has 0 spiro atoms. The van der Waals surface area contributed by atoms with Crippen LogP contribution in [0.4, 0.5) is 5.82 Å². The number of hydrogen-bond acceptors (Lipinski definition) is 4. The van der Waals surface area contributed by atoms with Crippen molar-refractivity contribution in [2.45, 2.75) is 6.42 Å². The van der Waals surface area contributed by atoms with Crippen molar-refractivity contribution in [1.29, 1.82) is 0 Å². The van der Waals surface area contributed by atoms with Crippen molar-refractivity contribution in [3.8, 4) is 0 Å². The fourth-order valence-electron chi connectivity index (χ4n) is 1.84. The van der Waals surface area contributed by atoms with Crippen LogP contribution in [0.5, 0.6) is 0 Å². The predicted octanol–water partition coefficient (Wildman–Crippen LogP) is 0.563. The SMILES string of the molecule is CN1CCCN(c2ccc(C=O)cn2)CC1=O. The van der Waals surface area contributed by atoms with E-state index in [-0.39, 0.29) is 5.91 Å². The van der Waals surface area contributed by atoms with Gasteiger partial charge in [-0.25, -0.2) is 4.98 Å². The molecule has 0 unspecified atom stereocenters. The second-order valence-electron chi connectivity index (χ2n) is 4.16. The number of carbonyl (C=O) groups is 2. The number of amides is 1. The molecule has 5 heteroatoms. The zero-order valence-electron chi connectivity index (χ0n) is 9.80. The first-order valence-electron chi connectivity index (χ1n) is 5.61. The summed E-state index contributed by atoms with van der Waals surface area (Å²) in [6.07, 6.45) is 3.22. The van der Waals surface area contributed by atoms with E-state index in [1.807, 2.05) is 11.9 Å². The lowest BCUT2D eigenvalue weighted by atomic mass is 10.3. The second kappa shape index (κ2) is 4.95. The van der Waals surface area contributed by atoms with Gasteiger partial charge >= 0.3 is 0 Å². The number of pyridine rings is 1. The summed E-state index contributed by atoms with van der Waals surface area (Å²) >= 11 is 0. The monoisotopic (exact) mass is 233 g/mol. The van der Waals surface area contributed by atoms with Crippen molar-refractivity contribution in [1.82, 2.24) is 9.88 Å². The lowest BCUT2D eigenvalue weighted by Crippen LogP contribution is -2.34. The minimum absolute atomic E-state index is 0.101. The van der Waals surface area contributed by atoms with Gasteiger partial charge in [0.1, 0.15) is 5.82 Å². The van der Waals surface area contributed by atoms with Crippen LogP contribution in [0.15, 0.2) is 18.3 Å². The van der Waals surface area contributed by atoms with Gasteiger partial charge in [0.05, 0.1) is 6.54 Å². The molecular formula is C12H15N3O2. The van der Waals surface area contributed by atoms with Crippen LogP contribution in [0.25, 0.3) is 0 Å². The van der Waals surface area contributed by atoms with Crippen molar-refractivity contribution in [3.63, 3.8) is 0 Å². The van der Waals surface area contributed by atoms with Crippen molar-refractivity contribution in [3.05, 3.63) is 23.9 Å². The maximum atomic E-state index is 11.7. The normalized spacial score (nSPS) is 16.9. The Balaban J connectivity index is 2.15. The molecule has 1 fully saturated rings. The van der Waals surface area contributed by atoms with E-state index >= 15 is 0 Å². The van der Waals surface area contributed by atoms with Crippen molar-refractivity contribution >= 4 is 18.0 Å². The topological polar surface area (TPSA) is 53.5 Å². The Kier molecular flexibility index (Phi) is 3.37. The summed E-state index contributed by atoms with van der Waals surface area (Å²) in [4.78, 5) is 30.1. The zero-order valence-corrected chi connectivity index (χ0v) is 9.80. The number of anilines is 1. The third kappa shape index (κ3) is 2.61. The summed E-state index contributed by atoms with van der Waals surface area (Å²) in [5.41, 5.74) is 0.548. The Morgan fingerprint density at radius 3 is 2.82 bits per heavy atom. The lowest BCUT2D eigenvalue weighted by molar-refractivity contribution is -0.127. The Morgan fingerprint density at radius 1 is 1.35 bits per heavy atom.